The second-order valence-corrected chi connectivity index (χ2v) is 1.69. The maximum absolute atomic E-state index is 10.2. The van der Waals surface area contributed by atoms with Crippen LogP contribution in [0.2, 0.25) is 0 Å². The van der Waals surface area contributed by atoms with Gasteiger partial charge in [-0.2, -0.15) is 0 Å². The Hall–Kier alpha value is -1.07. The number of halogens is 1. The molecule has 0 aliphatic heterocycles. The van der Waals surface area contributed by atoms with Crippen molar-refractivity contribution >= 4 is 18.4 Å². The molecule has 62 valence electrons. The summed E-state index contributed by atoms with van der Waals surface area (Å²) < 4.78 is 0. The summed E-state index contributed by atoms with van der Waals surface area (Å²) in [4.78, 5) is 16.2. The number of aromatic carboxylic acids is 1. The lowest BCUT2D eigenvalue weighted by molar-refractivity contribution is 0.0687. The number of aromatic nitrogens is 2. The van der Waals surface area contributed by atoms with Gasteiger partial charge >= 0.3 is 5.97 Å². The third kappa shape index (κ3) is 1.92. The zero-order valence-electron chi connectivity index (χ0n) is 5.44. The SMILES string of the molecule is Cl.O=C(O)c1nc[nH]c1CO. The first-order valence-corrected chi connectivity index (χ1v) is 2.62. The number of hydrogen-bond acceptors (Lipinski definition) is 3. The molecule has 0 unspecified atom stereocenters. The topological polar surface area (TPSA) is 86.2 Å². The van der Waals surface area contributed by atoms with E-state index in [4.69, 9.17) is 10.2 Å². The fourth-order valence-electron chi connectivity index (χ4n) is 0.626. The number of imidazole rings is 1. The van der Waals surface area contributed by atoms with Crippen molar-refractivity contribution in [1.29, 1.82) is 0 Å². The number of H-pyrrole nitrogens is 1. The molecule has 0 aliphatic rings. The molecular formula is C5H7ClN2O3. The second kappa shape index (κ2) is 3.95. The van der Waals surface area contributed by atoms with Crippen LogP contribution in [0.3, 0.4) is 0 Å². The van der Waals surface area contributed by atoms with E-state index in [9.17, 15) is 4.79 Å². The van der Waals surface area contributed by atoms with E-state index in [-0.39, 0.29) is 30.4 Å². The molecule has 5 nitrogen and oxygen atoms in total. The highest BCUT2D eigenvalue weighted by Crippen LogP contribution is 2.00. The van der Waals surface area contributed by atoms with Crippen molar-refractivity contribution in [2.45, 2.75) is 6.61 Å². The van der Waals surface area contributed by atoms with Crippen molar-refractivity contribution in [3.8, 4) is 0 Å². The Bertz CT molecular complexity index is 248. The van der Waals surface area contributed by atoms with Gasteiger partial charge in [0.1, 0.15) is 0 Å². The van der Waals surface area contributed by atoms with Crippen LogP contribution < -0.4 is 0 Å². The fourth-order valence-corrected chi connectivity index (χ4v) is 0.626. The van der Waals surface area contributed by atoms with Gasteiger partial charge in [0.15, 0.2) is 5.69 Å². The maximum Gasteiger partial charge on any atom is 0.356 e. The molecule has 0 saturated carbocycles. The number of aliphatic hydroxyl groups excluding tert-OH is 1. The first kappa shape index (κ1) is 9.93. The number of carboxylic acids is 1. The number of aliphatic hydroxyl groups is 1. The van der Waals surface area contributed by atoms with Crippen LogP contribution in [0.4, 0.5) is 0 Å². The molecule has 1 aromatic heterocycles. The molecule has 0 amide bonds. The predicted molar refractivity (Wildman–Crippen MR) is 38.7 cm³/mol. The lowest BCUT2D eigenvalue weighted by atomic mass is 10.3. The van der Waals surface area contributed by atoms with Crippen molar-refractivity contribution < 1.29 is 15.0 Å². The molecule has 11 heavy (non-hydrogen) atoms. The summed E-state index contributed by atoms with van der Waals surface area (Å²) in [5, 5.41) is 16.9. The largest absolute Gasteiger partial charge is 0.476 e. The van der Waals surface area contributed by atoms with Gasteiger partial charge in [0.25, 0.3) is 0 Å². The third-order valence-electron chi connectivity index (χ3n) is 1.08. The van der Waals surface area contributed by atoms with E-state index in [1.807, 2.05) is 0 Å². The average Bonchev–Trinajstić information content (AvgIpc) is 2.33. The summed E-state index contributed by atoms with van der Waals surface area (Å²) in [6.07, 6.45) is 1.23. The van der Waals surface area contributed by atoms with Gasteiger partial charge in [-0.05, 0) is 0 Å². The van der Waals surface area contributed by atoms with Crippen LogP contribution in [0.5, 0.6) is 0 Å². The monoisotopic (exact) mass is 178 g/mol. The summed E-state index contributed by atoms with van der Waals surface area (Å²) in [7, 11) is 0. The first-order chi connectivity index (χ1) is 4.75. The minimum absolute atomic E-state index is 0. The molecule has 0 saturated heterocycles. The van der Waals surface area contributed by atoms with Crippen LogP contribution in [0, 0.1) is 0 Å². The normalized spacial score (nSPS) is 8.82. The highest BCUT2D eigenvalue weighted by atomic mass is 35.5. The van der Waals surface area contributed by atoms with Crippen LogP contribution in [-0.4, -0.2) is 26.2 Å². The fraction of sp³-hybridized carbons (Fsp3) is 0.200. The number of nitrogens with one attached hydrogen (secondary N) is 1. The Balaban J connectivity index is 0.000001000. The first-order valence-electron chi connectivity index (χ1n) is 2.62. The summed E-state index contributed by atoms with van der Waals surface area (Å²) in [6, 6.07) is 0. The quantitative estimate of drug-likeness (QED) is 0.596. The molecule has 0 bridgehead atoms. The number of aromatic amines is 1. The van der Waals surface area contributed by atoms with Crippen LogP contribution in [0.15, 0.2) is 6.33 Å². The van der Waals surface area contributed by atoms with Gasteiger partial charge in [-0.15, -0.1) is 12.4 Å². The van der Waals surface area contributed by atoms with E-state index in [1.165, 1.54) is 6.33 Å². The molecular weight excluding hydrogens is 172 g/mol. The Morgan fingerprint density at radius 1 is 1.73 bits per heavy atom. The van der Waals surface area contributed by atoms with E-state index < -0.39 is 5.97 Å². The highest BCUT2D eigenvalue weighted by molar-refractivity contribution is 5.86. The smallest absolute Gasteiger partial charge is 0.356 e. The van der Waals surface area contributed by atoms with Gasteiger partial charge in [0.05, 0.1) is 18.6 Å². The zero-order chi connectivity index (χ0) is 7.56. The van der Waals surface area contributed by atoms with E-state index in [1.54, 1.807) is 0 Å². The summed E-state index contributed by atoms with van der Waals surface area (Å²) in [6.45, 7) is -0.332. The summed E-state index contributed by atoms with van der Waals surface area (Å²) in [5.74, 6) is -1.13. The molecule has 0 spiro atoms. The van der Waals surface area contributed by atoms with Crippen LogP contribution >= 0.6 is 12.4 Å². The van der Waals surface area contributed by atoms with Gasteiger partial charge in [-0.1, -0.05) is 0 Å². The van der Waals surface area contributed by atoms with E-state index >= 15 is 0 Å². The van der Waals surface area contributed by atoms with Gasteiger partial charge < -0.3 is 15.2 Å². The summed E-state index contributed by atoms with van der Waals surface area (Å²) >= 11 is 0. The molecule has 1 aromatic rings. The van der Waals surface area contributed by atoms with Crippen molar-refractivity contribution in [2.75, 3.05) is 0 Å². The number of rotatable bonds is 2. The molecule has 6 heteroatoms. The second-order valence-electron chi connectivity index (χ2n) is 1.69. The lowest BCUT2D eigenvalue weighted by Gasteiger charge is -1.89. The van der Waals surface area contributed by atoms with Crippen molar-refractivity contribution in [1.82, 2.24) is 9.97 Å². The highest BCUT2D eigenvalue weighted by Gasteiger charge is 2.10. The predicted octanol–water partition coefficient (Wildman–Crippen LogP) is 0.0220. The molecule has 0 aliphatic carbocycles. The summed E-state index contributed by atoms with van der Waals surface area (Å²) in [5.41, 5.74) is 0.106. The molecule has 0 aromatic carbocycles. The van der Waals surface area contributed by atoms with Crippen molar-refractivity contribution in [3.05, 3.63) is 17.7 Å². The lowest BCUT2D eigenvalue weighted by Crippen LogP contribution is -2.01. The Morgan fingerprint density at radius 3 is 2.73 bits per heavy atom. The van der Waals surface area contributed by atoms with Crippen molar-refractivity contribution in [2.24, 2.45) is 0 Å². The minimum Gasteiger partial charge on any atom is -0.476 e. The van der Waals surface area contributed by atoms with E-state index in [0.717, 1.165) is 0 Å². The van der Waals surface area contributed by atoms with Gasteiger partial charge in [-0.3, -0.25) is 0 Å². The maximum atomic E-state index is 10.2. The Morgan fingerprint density at radius 2 is 2.36 bits per heavy atom. The number of nitrogens with zero attached hydrogens (tertiary/aromatic N) is 1. The van der Waals surface area contributed by atoms with Gasteiger partial charge in [0, 0.05) is 0 Å². The molecule has 1 heterocycles. The number of hydrogen-bond donors (Lipinski definition) is 3. The van der Waals surface area contributed by atoms with Crippen molar-refractivity contribution in [3.63, 3.8) is 0 Å². The third-order valence-corrected chi connectivity index (χ3v) is 1.08. The molecule has 0 atom stereocenters. The molecule has 3 N–H and O–H groups in total. The van der Waals surface area contributed by atoms with Gasteiger partial charge in [0.2, 0.25) is 0 Å². The zero-order valence-corrected chi connectivity index (χ0v) is 6.26. The molecule has 1 rings (SSSR count). The number of carboxylic acid groups (broad SMARTS) is 1. The number of carbonyl (C=O) groups is 1. The van der Waals surface area contributed by atoms with Crippen LogP contribution in [0.25, 0.3) is 0 Å². The minimum atomic E-state index is -1.13. The van der Waals surface area contributed by atoms with Crippen LogP contribution in [0.1, 0.15) is 16.2 Å². The van der Waals surface area contributed by atoms with E-state index in [2.05, 4.69) is 9.97 Å². The molecule has 0 fully saturated rings. The molecule has 0 radical (unpaired) electrons. The average molecular weight is 179 g/mol. The van der Waals surface area contributed by atoms with Gasteiger partial charge in [-0.25, -0.2) is 9.78 Å². The van der Waals surface area contributed by atoms with E-state index in [0.29, 0.717) is 0 Å². The Kier molecular flexibility index (Phi) is 3.56. The standard InChI is InChI=1S/C5H6N2O3.ClH/c8-1-3-4(5(9)10)7-2-6-3;/h2,8H,1H2,(H,6,7)(H,9,10);1H. The van der Waals surface area contributed by atoms with Crippen LogP contribution in [-0.2, 0) is 6.61 Å². The Labute approximate surface area is 68.5 Å².